The first-order valence-corrected chi connectivity index (χ1v) is 6.54. The van der Waals surface area contributed by atoms with Crippen LogP contribution in [0.25, 0.3) is 0 Å². The number of carbonyl (C=O) groups excluding carboxylic acids is 1. The van der Waals surface area contributed by atoms with E-state index in [9.17, 15) is 4.79 Å². The number of hydrogen-bond acceptors (Lipinski definition) is 3. The van der Waals surface area contributed by atoms with Gasteiger partial charge in [0.25, 0.3) is 5.91 Å². The van der Waals surface area contributed by atoms with E-state index in [1.54, 1.807) is 9.58 Å². The van der Waals surface area contributed by atoms with Gasteiger partial charge in [-0.3, -0.25) is 9.48 Å². The molecule has 0 N–H and O–H groups in total. The molecule has 1 saturated heterocycles. The van der Waals surface area contributed by atoms with Crippen LogP contribution in [0.1, 0.15) is 21.7 Å². The molecule has 0 aliphatic carbocycles. The third-order valence-corrected chi connectivity index (χ3v) is 3.75. The van der Waals surface area contributed by atoms with Crippen molar-refractivity contribution in [1.29, 1.82) is 0 Å². The third kappa shape index (κ3) is 2.24. The quantitative estimate of drug-likeness (QED) is 0.758. The fraction of sp³-hybridized carbons (Fsp3) is 0.667. The number of amides is 1. The van der Waals surface area contributed by atoms with Crippen LogP contribution in [0.5, 0.6) is 0 Å². The van der Waals surface area contributed by atoms with Crippen LogP contribution < -0.4 is 0 Å². The van der Waals surface area contributed by atoms with E-state index in [-0.39, 0.29) is 11.9 Å². The molecule has 1 fully saturated rings. The van der Waals surface area contributed by atoms with Crippen molar-refractivity contribution in [1.82, 2.24) is 14.7 Å². The molecule has 0 aromatic carbocycles. The van der Waals surface area contributed by atoms with Gasteiger partial charge in [-0.05, 0) is 13.8 Å². The van der Waals surface area contributed by atoms with Crippen molar-refractivity contribution < 1.29 is 9.53 Å². The SMILES string of the molecule is Cc1nn(C)c(C)c1C(=O)N1CCOCC1CCl. The first-order valence-electron chi connectivity index (χ1n) is 6.01. The summed E-state index contributed by atoms with van der Waals surface area (Å²) in [5, 5.41) is 4.28. The van der Waals surface area contributed by atoms with Crippen LogP contribution in [0, 0.1) is 13.8 Å². The van der Waals surface area contributed by atoms with Gasteiger partial charge in [-0.2, -0.15) is 5.10 Å². The lowest BCUT2D eigenvalue weighted by Crippen LogP contribution is -2.49. The molecule has 1 unspecified atom stereocenters. The Bertz CT molecular complexity index is 458. The van der Waals surface area contributed by atoms with Crippen LogP contribution in [0.3, 0.4) is 0 Å². The summed E-state index contributed by atoms with van der Waals surface area (Å²) in [5.41, 5.74) is 2.34. The number of carbonyl (C=O) groups is 1. The van der Waals surface area contributed by atoms with E-state index in [4.69, 9.17) is 16.3 Å². The van der Waals surface area contributed by atoms with E-state index >= 15 is 0 Å². The smallest absolute Gasteiger partial charge is 0.258 e. The highest BCUT2D eigenvalue weighted by molar-refractivity contribution is 6.18. The molecule has 1 aromatic rings. The Balaban J connectivity index is 2.29. The first kappa shape index (κ1) is 13.4. The van der Waals surface area contributed by atoms with E-state index in [0.29, 0.717) is 31.2 Å². The molecule has 18 heavy (non-hydrogen) atoms. The summed E-state index contributed by atoms with van der Waals surface area (Å²) in [6.45, 7) is 5.43. The zero-order chi connectivity index (χ0) is 13.3. The molecule has 5 nitrogen and oxygen atoms in total. The molecule has 0 saturated carbocycles. The lowest BCUT2D eigenvalue weighted by Gasteiger charge is -2.34. The first-order chi connectivity index (χ1) is 8.56. The summed E-state index contributed by atoms with van der Waals surface area (Å²) in [6, 6.07) is -0.0491. The van der Waals surface area contributed by atoms with E-state index in [2.05, 4.69) is 5.10 Å². The van der Waals surface area contributed by atoms with Gasteiger partial charge >= 0.3 is 0 Å². The maximum Gasteiger partial charge on any atom is 0.258 e. The van der Waals surface area contributed by atoms with Crippen LogP contribution in [0.2, 0.25) is 0 Å². The van der Waals surface area contributed by atoms with Gasteiger partial charge in [0, 0.05) is 25.2 Å². The number of alkyl halides is 1. The second-order valence-corrected chi connectivity index (χ2v) is 4.86. The molecule has 0 spiro atoms. The Morgan fingerprint density at radius 2 is 2.28 bits per heavy atom. The number of morpholine rings is 1. The van der Waals surface area contributed by atoms with Crippen molar-refractivity contribution in [3.8, 4) is 0 Å². The largest absolute Gasteiger partial charge is 0.377 e. The maximum absolute atomic E-state index is 12.6. The Hall–Kier alpha value is -1.07. The summed E-state index contributed by atoms with van der Waals surface area (Å²) in [7, 11) is 1.84. The standard InChI is InChI=1S/C12H18ClN3O2/c1-8-11(9(2)15(3)14-8)12(17)16-4-5-18-7-10(16)6-13/h10H,4-7H2,1-3H3. The third-order valence-electron chi connectivity index (χ3n) is 3.39. The number of hydrogen-bond donors (Lipinski definition) is 0. The number of aromatic nitrogens is 2. The molecule has 1 atom stereocenters. The Labute approximate surface area is 112 Å². The average molecular weight is 272 g/mol. The minimum absolute atomic E-state index is 0.00653. The normalized spacial score (nSPS) is 20.2. The average Bonchev–Trinajstić information content (AvgIpc) is 2.62. The van der Waals surface area contributed by atoms with E-state index in [1.165, 1.54) is 0 Å². The molecular weight excluding hydrogens is 254 g/mol. The van der Waals surface area contributed by atoms with Gasteiger partial charge < -0.3 is 9.64 Å². The summed E-state index contributed by atoms with van der Waals surface area (Å²) in [4.78, 5) is 14.4. The second-order valence-electron chi connectivity index (χ2n) is 4.55. The molecule has 6 heteroatoms. The lowest BCUT2D eigenvalue weighted by atomic mass is 10.1. The monoisotopic (exact) mass is 271 g/mol. The predicted octanol–water partition coefficient (Wildman–Crippen LogP) is 1.12. The lowest BCUT2D eigenvalue weighted by molar-refractivity contribution is 0.00447. The zero-order valence-electron chi connectivity index (χ0n) is 10.9. The fourth-order valence-corrected chi connectivity index (χ4v) is 2.53. The van der Waals surface area contributed by atoms with Crippen molar-refractivity contribution >= 4 is 17.5 Å². The van der Waals surface area contributed by atoms with Crippen molar-refractivity contribution in [3.63, 3.8) is 0 Å². The molecule has 100 valence electrons. The number of rotatable bonds is 2. The van der Waals surface area contributed by atoms with Crippen molar-refractivity contribution in [2.45, 2.75) is 19.9 Å². The molecule has 2 heterocycles. The van der Waals surface area contributed by atoms with Gasteiger partial charge in [-0.1, -0.05) is 0 Å². The van der Waals surface area contributed by atoms with E-state index < -0.39 is 0 Å². The molecule has 1 aliphatic heterocycles. The van der Waals surface area contributed by atoms with Crippen LogP contribution in [-0.4, -0.2) is 52.3 Å². The minimum atomic E-state index is -0.0491. The summed E-state index contributed by atoms with van der Waals surface area (Å²) >= 11 is 5.90. The van der Waals surface area contributed by atoms with Gasteiger partial charge in [0.05, 0.1) is 30.5 Å². The Morgan fingerprint density at radius 1 is 1.56 bits per heavy atom. The molecule has 2 rings (SSSR count). The topological polar surface area (TPSA) is 47.4 Å². The van der Waals surface area contributed by atoms with Crippen LogP contribution in [0.15, 0.2) is 0 Å². The maximum atomic E-state index is 12.6. The number of halogens is 1. The van der Waals surface area contributed by atoms with Crippen molar-refractivity contribution in [2.24, 2.45) is 7.05 Å². The van der Waals surface area contributed by atoms with Crippen molar-refractivity contribution in [3.05, 3.63) is 17.0 Å². The van der Waals surface area contributed by atoms with Gasteiger partial charge in [0.2, 0.25) is 0 Å². The van der Waals surface area contributed by atoms with Crippen molar-refractivity contribution in [2.75, 3.05) is 25.6 Å². The molecular formula is C12H18ClN3O2. The number of ether oxygens (including phenoxy) is 1. The Morgan fingerprint density at radius 3 is 2.83 bits per heavy atom. The predicted molar refractivity (Wildman–Crippen MR) is 69.0 cm³/mol. The van der Waals surface area contributed by atoms with Gasteiger partial charge in [-0.15, -0.1) is 11.6 Å². The highest BCUT2D eigenvalue weighted by Crippen LogP contribution is 2.18. The van der Waals surface area contributed by atoms with Crippen LogP contribution in [0.4, 0.5) is 0 Å². The molecule has 0 radical (unpaired) electrons. The zero-order valence-corrected chi connectivity index (χ0v) is 11.7. The molecule has 1 amide bonds. The summed E-state index contributed by atoms with van der Waals surface area (Å²) in [5.74, 6) is 0.399. The van der Waals surface area contributed by atoms with Crippen LogP contribution in [-0.2, 0) is 11.8 Å². The number of nitrogens with zero attached hydrogens (tertiary/aromatic N) is 3. The minimum Gasteiger partial charge on any atom is -0.377 e. The molecule has 0 bridgehead atoms. The highest BCUT2D eigenvalue weighted by Gasteiger charge is 2.30. The van der Waals surface area contributed by atoms with E-state index in [0.717, 1.165) is 11.4 Å². The number of aryl methyl sites for hydroxylation is 2. The Kier molecular flexibility index (Phi) is 3.92. The molecule has 1 aliphatic rings. The van der Waals surface area contributed by atoms with Gasteiger partial charge in [-0.25, -0.2) is 0 Å². The second kappa shape index (κ2) is 5.28. The van der Waals surface area contributed by atoms with Gasteiger partial charge in [0.1, 0.15) is 0 Å². The van der Waals surface area contributed by atoms with Gasteiger partial charge in [0.15, 0.2) is 0 Å². The fourth-order valence-electron chi connectivity index (χ4n) is 2.28. The molecule has 1 aromatic heterocycles. The van der Waals surface area contributed by atoms with Crippen LogP contribution >= 0.6 is 11.6 Å². The summed E-state index contributed by atoms with van der Waals surface area (Å²) in [6.07, 6.45) is 0. The summed E-state index contributed by atoms with van der Waals surface area (Å²) < 4.78 is 7.09. The highest BCUT2D eigenvalue weighted by atomic mass is 35.5. The van der Waals surface area contributed by atoms with E-state index in [1.807, 2.05) is 20.9 Å².